The van der Waals surface area contributed by atoms with Crippen LogP contribution in [0.3, 0.4) is 0 Å². The van der Waals surface area contributed by atoms with E-state index in [1.165, 1.54) is 0 Å². The lowest BCUT2D eigenvalue weighted by atomic mass is 10.1. The Morgan fingerprint density at radius 1 is 1.11 bits per heavy atom. The summed E-state index contributed by atoms with van der Waals surface area (Å²) in [5.74, 6) is 1.47. The van der Waals surface area contributed by atoms with Gasteiger partial charge in [0, 0.05) is 40.1 Å². The third-order valence-electron chi connectivity index (χ3n) is 5.86. The second-order valence-electron chi connectivity index (χ2n) is 9.44. The molecule has 0 aliphatic heterocycles. The number of urea groups is 1. The van der Waals surface area contributed by atoms with Gasteiger partial charge in [0.1, 0.15) is 5.82 Å². The van der Waals surface area contributed by atoms with Crippen LogP contribution in [0.15, 0.2) is 81.2 Å². The summed E-state index contributed by atoms with van der Waals surface area (Å²) >= 11 is 0. The number of ether oxygens (including phenoxy) is 1. The standard InChI is InChI=1S/C29H32N8O6S/c1-5-42-29(40)37-44(41)22-12-10-20(11-13-22)32-27-30-15-23(26(35-27)31-18(4)16-38)19-6-8-21(9-7-19)33-28(39)34-25-14-24(17(2)3)43-36-25/h6-15,18,38,44H,2,5,16H2,1,3-4H3,(H2,30,31,32,35)(H2,33,34,36,39). The Morgan fingerprint density at radius 2 is 1.82 bits per heavy atom. The number of thiol groups is 1. The molecule has 0 aliphatic rings. The Morgan fingerprint density at radius 3 is 2.45 bits per heavy atom. The number of aliphatic hydroxyl groups is 1. The van der Waals surface area contributed by atoms with Gasteiger partial charge in [0.05, 0.1) is 23.8 Å². The van der Waals surface area contributed by atoms with E-state index in [1.807, 2.05) is 0 Å². The first kappa shape index (κ1) is 31.7. The Bertz CT molecular complexity index is 1720. The summed E-state index contributed by atoms with van der Waals surface area (Å²) in [6.07, 6.45) is 0.753. The molecule has 4 rings (SSSR count). The van der Waals surface area contributed by atoms with Gasteiger partial charge in [-0.25, -0.2) is 18.8 Å². The maximum atomic E-state index is 12.4. The lowest BCUT2D eigenvalue weighted by Gasteiger charge is -2.17. The summed E-state index contributed by atoms with van der Waals surface area (Å²) in [6, 6.07) is 14.3. The van der Waals surface area contributed by atoms with Crippen LogP contribution in [-0.4, -0.2) is 55.8 Å². The highest BCUT2D eigenvalue weighted by Gasteiger charge is 2.14. The minimum atomic E-state index is -2.29. The monoisotopic (exact) mass is 620 g/mol. The van der Waals surface area contributed by atoms with Gasteiger partial charge in [0.2, 0.25) is 5.95 Å². The maximum Gasteiger partial charge on any atom is 0.441 e. The number of amides is 3. The number of nitrogens with zero attached hydrogens (tertiary/aromatic N) is 4. The molecule has 5 N–H and O–H groups in total. The summed E-state index contributed by atoms with van der Waals surface area (Å²) < 4.78 is 25.6. The van der Waals surface area contributed by atoms with Crippen molar-refractivity contribution in [2.45, 2.75) is 31.7 Å². The molecule has 0 aliphatic carbocycles. The number of hydrogen-bond acceptors (Lipinski definition) is 11. The molecule has 0 fully saturated rings. The fraction of sp³-hybridized carbons (Fsp3) is 0.207. The van der Waals surface area contributed by atoms with E-state index < -0.39 is 22.7 Å². The molecule has 44 heavy (non-hydrogen) atoms. The van der Waals surface area contributed by atoms with Gasteiger partial charge in [-0.15, -0.1) is 4.36 Å². The smallest absolute Gasteiger partial charge is 0.441 e. The molecule has 2 aromatic carbocycles. The van der Waals surface area contributed by atoms with Crippen molar-refractivity contribution in [3.8, 4) is 11.1 Å². The number of carbonyl (C=O) groups is 2. The second kappa shape index (κ2) is 14.8. The fourth-order valence-electron chi connectivity index (χ4n) is 3.68. The summed E-state index contributed by atoms with van der Waals surface area (Å²) in [6.45, 7) is 9.01. The van der Waals surface area contributed by atoms with Crippen LogP contribution in [0.25, 0.3) is 16.7 Å². The second-order valence-corrected chi connectivity index (χ2v) is 10.7. The van der Waals surface area contributed by atoms with Crippen LogP contribution in [0.2, 0.25) is 0 Å². The first-order chi connectivity index (χ1) is 21.1. The summed E-state index contributed by atoms with van der Waals surface area (Å²) in [5.41, 5.74) is 3.25. The molecule has 2 atom stereocenters. The van der Waals surface area contributed by atoms with Crippen molar-refractivity contribution < 1.29 is 28.2 Å². The van der Waals surface area contributed by atoms with Gasteiger partial charge in [-0.2, -0.15) is 4.98 Å². The van der Waals surface area contributed by atoms with Gasteiger partial charge in [0.15, 0.2) is 11.6 Å². The third kappa shape index (κ3) is 8.62. The number of hydrogen-bond donors (Lipinski definition) is 6. The highest BCUT2D eigenvalue weighted by molar-refractivity contribution is 7.75. The molecule has 3 amide bonds. The van der Waals surface area contributed by atoms with E-state index in [4.69, 9.17) is 9.26 Å². The Balaban J connectivity index is 1.47. The highest BCUT2D eigenvalue weighted by atomic mass is 32.2. The minimum Gasteiger partial charge on any atom is -0.448 e. The van der Waals surface area contributed by atoms with Crippen molar-refractivity contribution in [1.82, 2.24) is 15.1 Å². The minimum absolute atomic E-state index is 0.125. The van der Waals surface area contributed by atoms with Crippen LogP contribution < -0.4 is 21.3 Å². The summed E-state index contributed by atoms with van der Waals surface area (Å²) in [4.78, 5) is 33.3. The molecular weight excluding hydrogens is 588 g/mol. The quantitative estimate of drug-likeness (QED) is 0.116. The number of carbonyl (C=O) groups excluding carboxylic acids is 2. The van der Waals surface area contributed by atoms with Gasteiger partial charge >= 0.3 is 12.1 Å². The summed E-state index contributed by atoms with van der Waals surface area (Å²) in [5, 5.41) is 25.0. The lowest BCUT2D eigenvalue weighted by Crippen LogP contribution is -2.21. The number of aromatic nitrogens is 3. The highest BCUT2D eigenvalue weighted by Crippen LogP contribution is 2.29. The molecule has 0 spiro atoms. The predicted molar refractivity (Wildman–Crippen MR) is 168 cm³/mol. The van der Waals surface area contributed by atoms with Crippen LogP contribution in [0, 0.1) is 0 Å². The number of nitrogens with one attached hydrogen (secondary N) is 4. The molecule has 2 unspecified atom stereocenters. The first-order valence-corrected chi connectivity index (χ1v) is 14.6. The van der Waals surface area contributed by atoms with E-state index in [0.29, 0.717) is 39.0 Å². The fourth-order valence-corrected chi connectivity index (χ4v) is 4.40. The van der Waals surface area contributed by atoms with Crippen LogP contribution in [-0.2, 0) is 15.3 Å². The van der Waals surface area contributed by atoms with Crippen molar-refractivity contribution in [3.05, 3.63) is 73.1 Å². The molecule has 14 nitrogen and oxygen atoms in total. The molecule has 2 aromatic heterocycles. The van der Waals surface area contributed by atoms with Crippen LogP contribution in [0.4, 0.5) is 38.5 Å². The lowest BCUT2D eigenvalue weighted by molar-refractivity contribution is 0.164. The van der Waals surface area contributed by atoms with Gasteiger partial charge in [-0.3, -0.25) is 5.32 Å². The zero-order chi connectivity index (χ0) is 31.6. The number of benzene rings is 2. The van der Waals surface area contributed by atoms with E-state index in [2.05, 4.69) is 47.3 Å². The molecule has 0 bridgehead atoms. The Hall–Kier alpha value is -5.28. The van der Waals surface area contributed by atoms with Gasteiger partial charge in [-0.1, -0.05) is 23.9 Å². The predicted octanol–water partition coefficient (Wildman–Crippen LogP) is 5.53. The normalized spacial score (nSPS) is 12.2. The SMILES string of the molecule is C=C(C)c1cc(NC(=O)Nc2ccc(-c3cnc(Nc4ccc([SH](=O)=NC(=O)OCC)cc4)nc3NC(C)CO)cc2)no1. The van der Waals surface area contributed by atoms with E-state index >= 15 is 0 Å². The van der Waals surface area contributed by atoms with Gasteiger partial charge in [0.25, 0.3) is 0 Å². The van der Waals surface area contributed by atoms with Gasteiger partial charge in [-0.05, 0) is 68.3 Å². The number of rotatable bonds is 11. The zero-order valence-electron chi connectivity index (χ0n) is 24.2. The van der Waals surface area contributed by atoms with Crippen molar-refractivity contribution in [1.29, 1.82) is 0 Å². The topological polar surface area (TPSA) is 193 Å². The Kier molecular flexibility index (Phi) is 10.6. The molecule has 0 saturated carbocycles. The number of allylic oxidation sites excluding steroid dienone is 1. The molecular formula is C29H32N8O6S. The summed E-state index contributed by atoms with van der Waals surface area (Å²) in [7, 11) is -2.29. The van der Waals surface area contributed by atoms with Crippen molar-refractivity contribution in [2.75, 3.05) is 34.5 Å². The van der Waals surface area contributed by atoms with E-state index in [9.17, 15) is 18.9 Å². The molecule has 0 saturated heterocycles. The molecule has 4 aromatic rings. The number of anilines is 5. The molecule has 230 valence electrons. The van der Waals surface area contributed by atoms with E-state index in [0.717, 1.165) is 5.56 Å². The van der Waals surface area contributed by atoms with Crippen molar-refractivity contribution >= 4 is 57.3 Å². The third-order valence-corrected chi connectivity index (χ3v) is 6.94. The largest absolute Gasteiger partial charge is 0.448 e. The van der Waals surface area contributed by atoms with Crippen LogP contribution in [0.1, 0.15) is 26.5 Å². The maximum absolute atomic E-state index is 12.4. The average molecular weight is 621 g/mol. The molecule has 2 heterocycles. The molecule has 0 radical (unpaired) electrons. The van der Waals surface area contributed by atoms with Crippen LogP contribution >= 0.6 is 0 Å². The zero-order valence-corrected chi connectivity index (χ0v) is 25.1. The molecule has 15 heteroatoms. The van der Waals surface area contributed by atoms with Gasteiger partial charge < -0.3 is 30.3 Å². The van der Waals surface area contributed by atoms with E-state index in [-0.39, 0.29) is 31.0 Å². The Labute approximate surface area is 255 Å². The van der Waals surface area contributed by atoms with Crippen molar-refractivity contribution in [2.24, 2.45) is 4.36 Å². The number of aliphatic hydroxyl groups excluding tert-OH is 1. The average Bonchev–Trinajstić information content (AvgIpc) is 3.47. The first-order valence-electron chi connectivity index (χ1n) is 13.4. The van der Waals surface area contributed by atoms with Crippen LogP contribution in [0.5, 0.6) is 0 Å². The van der Waals surface area contributed by atoms with Crippen molar-refractivity contribution in [3.63, 3.8) is 0 Å². The van der Waals surface area contributed by atoms with E-state index in [1.54, 1.807) is 81.6 Å².